The van der Waals surface area contributed by atoms with Gasteiger partial charge in [0.2, 0.25) is 5.43 Å². The number of fused-ring (bicyclic) bond motifs is 1. The third-order valence-electron chi connectivity index (χ3n) is 6.84. The molecule has 188 valence electrons. The third kappa shape index (κ3) is 4.97. The number of hydrogen-bond acceptors (Lipinski definition) is 5. The summed E-state index contributed by atoms with van der Waals surface area (Å²) in [7, 11) is 0. The second kappa shape index (κ2) is 10.1. The van der Waals surface area contributed by atoms with Crippen molar-refractivity contribution in [2.75, 3.05) is 42.9 Å². The summed E-state index contributed by atoms with van der Waals surface area (Å²) in [6, 6.07) is 9.47. The number of rotatable bonds is 7. The maximum absolute atomic E-state index is 15.1. The first kappa shape index (κ1) is 24.0. The van der Waals surface area contributed by atoms with E-state index in [0.29, 0.717) is 54.6 Å². The van der Waals surface area contributed by atoms with E-state index in [1.807, 2.05) is 11.8 Å². The number of halogens is 1. The molecule has 1 saturated heterocycles. The van der Waals surface area contributed by atoms with E-state index in [1.54, 1.807) is 34.9 Å². The van der Waals surface area contributed by atoms with Gasteiger partial charge in [0.15, 0.2) is 0 Å². The molecule has 2 amide bonds. The molecule has 1 aliphatic carbocycles. The van der Waals surface area contributed by atoms with Gasteiger partial charge >= 0.3 is 0 Å². The lowest BCUT2D eigenvalue weighted by Gasteiger charge is -2.30. The number of carbonyl (C=O) groups is 2. The molecule has 8 nitrogen and oxygen atoms in total. The molecule has 3 N–H and O–H groups in total. The summed E-state index contributed by atoms with van der Waals surface area (Å²) in [6.07, 6.45) is 3.84. The van der Waals surface area contributed by atoms with Crippen molar-refractivity contribution in [2.45, 2.75) is 26.3 Å². The highest BCUT2D eigenvalue weighted by molar-refractivity contribution is 6.06. The number of benzene rings is 2. The first-order valence-corrected chi connectivity index (χ1v) is 12.5. The van der Waals surface area contributed by atoms with Crippen LogP contribution in [0.5, 0.6) is 0 Å². The van der Waals surface area contributed by atoms with Crippen molar-refractivity contribution >= 4 is 34.1 Å². The number of carbonyl (C=O) groups excluding carboxylic acids is 2. The Balaban J connectivity index is 1.38. The van der Waals surface area contributed by atoms with E-state index >= 15 is 4.39 Å². The molecule has 0 unspecified atom stereocenters. The normalized spacial score (nSPS) is 15.7. The maximum atomic E-state index is 15.1. The lowest BCUT2D eigenvalue weighted by atomic mass is 10.1. The lowest BCUT2D eigenvalue weighted by Crippen LogP contribution is -2.43. The van der Waals surface area contributed by atoms with Gasteiger partial charge in [-0.25, -0.2) is 4.39 Å². The molecule has 2 fully saturated rings. The number of nitrogens with one attached hydrogen (secondary N) is 3. The average Bonchev–Trinajstić information content (AvgIpc) is 3.73. The predicted octanol–water partition coefficient (Wildman–Crippen LogP) is 2.96. The highest BCUT2D eigenvalue weighted by Crippen LogP contribution is 2.28. The van der Waals surface area contributed by atoms with Gasteiger partial charge in [-0.15, -0.1) is 0 Å². The predicted molar refractivity (Wildman–Crippen MR) is 138 cm³/mol. The molecule has 9 heteroatoms. The fraction of sp³-hybridized carbons (Fsp3) is 0.370. The largest absolute Gasteiger partial charge is 0.367 e. The van der Waals surface area contributed by atoms with Gasteiger partial charge in [-0.2, -0.15) is 0 Å². The smallest absolute Gasteiger partial charge is 0.261 e. The number of anilines is 2. The monoisotopic (exact) mass is 491 g/mol. The van der Waals surface area contributed by atoms with Gasteiger partial charge < -0.3 is 25.4 Å². The summed E-state index contributed by atoms with van der Waals surface area (Å²) < 4.78 is 16.9. The number of pyridine rings is 1. The molecule has 1 aromatic heterocycles. The summed E-state index contributed by atoms with van der Waals surface area (Å²) in [5, 5.41) is 9.05. The number of nitrogens with zero attached hydrogens (tertiary/aromatic N) is 2. The minimum atomic E-state index is -0.582. The van der Waals surface area contributed by atoms with Gasteiger partial charge in [0.25, 0.3) is 11.8 Å². The molecule has 36 heavy (non-hydrogen) atoms. The van der Waals surface area contributed by atoms with Crippen molar-refractivity contribution in [3.63, 3.8) is 0 Å². The van der Waals surface area contributed by atoms with E-state index in [-0.39, 0.29) is 16.9 Å². The molecule has 1 aliphatic heterocycles. The van der Waals surface area contributed by atoms with Crippen LogP contribution in [0, 0.1) is 11.7 Å². The Morgan fingerprint density at radius 3 is 2.47 bits per heavy atom. The summed E-state index contributed by atoms with van der Waals surface area (Å²) in [4.78, 5) is 40.5. The molecule has 1 saturated carbocycles. The second-order valence-electron chi connectivity index (χ2n) is 9.40. The first-order valence-electron chi connectivity index (χ1n) is 12.5. The first-order chi connectivity index (χ1) is 17.4. The van der Waals surface area contributed by atoms with E-state index < -0.39 is 17.2 Å². The van der Waals surface area contributed by atoms with Gasteiger partial charge in [-0.1, -0.05) is 0 Å². The van der Waals surface area contributed by atoms with Crippen LogP contribution in [-0.4, -0.2) is 49.1 Å². The SMILES string of the molecule is CCn1cc(C(=O)Nc2ccc(C(=O)NCC3CC3)cc2)c(=O)c2cc(F)c(N3CCNCC3)cc21. The summed E-state index contributed by atoms with van der Waals surface area (Å²) in [6.45, 7) is 5.99. The molecule has 2 heterocycles. The van der Waals surface area contributed by atoms with E-state index in [2.05, 4.69) is 16.0 Å². The van der Waals surface area contributed by atoms with Gasteiger partial charge in [0.05, 0.1) is 11.2 Å². The molecule has 2 aromatic carbocycles. The highest BCUT2D eigenvalue weighted by Gasteiger charge is 2.22. The van der Waals surface area contributed by atoms with Gasteiger partial charge in [-0.3, -0.25) is 14.4 Å². The van der Waals surface area contributed by atoms with Crippen LogP contribution < -0.4 is 26.3 Å². The fourth-order valence-corrected chi connectivity index (χ4v) is 4.54. The van der Waals surface area contributed by atoms with Crippen LogP contribution in [0.4, 0.5) is 15.8 Å². The average molecular weight is 492 g/mol. The van der Waals surface area contributed by atoms with Gasteiger partial charge in [-0.05, 0) is 62.1 Å². The quantitative estimate of drug-likeness (QED) is 0.472. The van der Waals surface area contributed by atoms with E-state index in [9.17, 15) is 14.4 Å². The standard InChI is InChI=1S/C27H30FN5O3/c1-2-32-16-21(25(34)20-13-22(28)24(14-23(20)32)33-11-9-29-10-12-33)27(36)31-19-7-5-18(6-8-19)26(35)30-15-17-3-4-17/h5-8,13-14,16-17,29H,2-4,9-12,15H2,1H3,(H,30,35)(H,31,36). The molecule has 0 spiro atoms. The Labute approximate surface area is 208 Å². The van der Waals surface area contributed by atoms with Crippen LogP contribution in [0.1, 0.15) is 40.5 Å². The molecule has 0 atom stereocenters. The van der Waals surface area contributed by atoms with Crippen molar-refractivity contribution in [2.24, 2.45) is 5.92 Å². The van der Waals surface area contributed by atoms with Crippen LogP contribution in [0.2, 0.25) is 0 Å². The zero-order valence-corrected chi connectivity index (χ0v) is 20.3. The molecule has 3 aromatic rings. The number of piperazine rings is 1. The number of aryl methyl sites for hydroxylation is 1. The Bertz CT molecular complexity index is 1360. The zero-order chi connectivity index (χ0) is 25.2. The number of hydrogen-bond donors (Lipinski definition) is 3. The van der Waals surface area contributed by atoms with Crippen LogP contribution in [-0.2, 0) is 6.54 Å². The zero-order valence-electron chi connectivity index (χ0n) is 20.3. The van der Waals surface area contributed by atoms with Crippen molar-refractivity contribution in [3.8, 4) is 0 Å². The minimum absolute atomic E-state index is 0.0649. The van der Waals surface area contributed by atoms with E-state index in [1.165, 1.54) is 12.3 Å². The molecule has 2 aliphatic rings. The summed E-state index contributed by atoms with van der Waals surface area (Å²) in [5.41, 5.74) is 1.43. The van der Waals surface area contributed by atoms with Crippen LogP contribution in [0.25, 0.3) is 10.9 Å². The van der Waals surface area contributed by atoms with Crippen molar-refractivity contribution in [1.82, 2.24) is 15.2 Å². The molecular formula is C27H30FN5O3. The maximum Gasteiger partial charge on any atom is 0.261 e. The number of amides is 2. The van der Waals surface area contributed by atoms with E-state index in [0.717, 1.165) is 25.9 Å². The van der Waals surface area contributed by atoms with Gasteiger partial charge in [0, 0.05) is 62.1 Å². The second-order valence-corrected chi connectivity index (χ2v) is 9.40. The summed E-state index contributed by atoms with van der Waals surface area (Å²) >= 11 is 0. The Morgan fingerprint density at radius 2 is 1.81 bits per heavy atom. The van der Waals surface area contributed by atoms with E-state index in [4.69, 9.17) is 0 Å². The van der Waals surface area contributed by atoms with Crippen molar-refractivity contribution in [3.05, 3.63) is 69.8 Å². The number of aromatic nitrogens is 1. The van der Waals surface area contributed by atoms with Crippen LogP contribution in [0.15, 0.2) is 47.4 Å². The molecular weight excluding hydrogens is 461 g/mol. The van der Waals surface area contributed by atoms with Crippen molar-refractivity contribution < 1.29 is 14.0 Å². The Kier molecular flexibility index (Phi) is 6.73. The van der Waals surface area contributed by atoms with Gasteiger partial charge in [0.1, 0.15) is 11.4 Å². The Hall–Kier alpha value is -3.72. The molecule has 0 radical (unpaired) electrons. The third-order valence-corrected chi connectivity index (χ3v) is 6.84. The lowest BCUT2D eigenvalue weighted by molar-refractivity contribution is 0.0951. The highest BCUT2D eigenvalue weighted by atomic mass is 19.1. The fourth-order valence-electron chi connectivity index (χ4n) is 4.54. The summed E-state index contributed by atoms with van der Waals surface area (Å²) in [5.74, 6) is -0.620. The van der Waals surface area contributed by atoms with Crippen molar-refractivity contribution in [1.29, 1.82) is 0 Å². The molecule has 5 rings (SSSR count). The topological polar surface area (TPSA) is 95.5 Å². The van der Waals surface area contributed by atoms with Crippen LogP contribution >= 0.6 is 0 Å². The minimum Gasteiger partial charge on any atom is -0.367 e. The molecule has 0 bridgehead atoms. The Morgan fingerprint density at radius 1 is 1.08 bits per heavy atom. The van der Waals surface area contributed by atoms with Crippen LogP contribution in [0.3, 0.4) is 0 Å².